The van der Waals surface area contributed by atoms with E-state index < -0.39 is 0 Å². The number of ketones is 1. The predicted molar refractivity (Wildman–Crippen MR) is 99.0 cm³/mol. The number of hydrogen-bond acceptors (Lipinski definition) is 1. The Bertz CT molecular complexity index is 504. The summed E-state index contributed by atoms with van der Waals surface area (Å²) in [6.07, 6.45) is 7.50. The van der Waals surface area contributed by atoms with Gasteiger partial charge < -0.3 is 0 Å². The van der Waals surface area contributed by atoms with Gasteiger partial charge in [-0.3, -0.25) is 4.79 Å². The molecule has 1 nitrogen and oxygen atoms in total. The molecule has 1 saturated carbocycles. The summed E-state index contributed by atoms with van der Waals surface area (Å²) in [5.41, 5.74) is 0.823. The fraction of sp³-hybridized carbons (Fsp3) is 0.667. The minimum absolute atomic E-state index is 0.00613. The van der Waals surface area contributed by atoms with Crippen molar-refractivity contribution in [1.82, 2.24) is 0 Å². The molecular formula is C21H31ClO. The summed E-state index contributed by atoms with van der Waals surface area (Å²) in [7, 11) is 0. The van der Waals surface area contributed by atoms with Crippen LogP contribution in [-0.2, 0) is 4.79 Å². The first kappa shape index (κ1) is 18.5. The number of carbonyl (C=O) groups is 1. The van der Waals surface area contributed by atoms with Crippen LogP contribution >= 0.6 is 11.6 Å². The molecule has 1 aliphatic carbocycles. The highest BCUT2D eigenvalue weighted by Crippen LogP contribution is 2.36. The van der Waals surface area contributed by atoms with Crippen LogP contribution in [0.1, 0.15) is 77.7 Å². The average molecular weight is 335 g/mol. The molecule has 1 aromatic carbocycles. The second kappa shape index (κ2) is 7.83. The van der Waals surface area contributed by atoms with Crippen LogP contribution in [0, 0.1) is 17.3 Å². The summed E-state index contributed by atoms with van der Waals surface area (Å²) in [5.74, 6) is 2.04. The molecule has 0 aromatic heterocycles. The average Bonchev–Trinajstić information content (AvgIpc) is 2.50. The Balaban J connectivity index is 2.07. The minimum atomic E-state index is -0.300. The SMILES string of the molecule is CC1CCC(CCC(C(=O)C(C)(C)C)c2ccc(Cl)cc2)CC1. The van der Waals surface area contributed by atoms with Crippen LogP contribution in [0.25, 0.3) is 0 Å². The summed E-state index contributed by atoms with van der Waals surface area (Å²) in [6.45, 7) is 8.44. The van der Waals surface area contributed by atoms with Crippen molar-refractivity contribution < 1.29 is 4.79 Å². The maximum absolute atomic E-state index is 12.9. The molecule has 2 rings (SSSR count). The molecule has 0 amide bonds. The van der Waals surface area contributed by atoms with Crippen LogP contribution in [0.5, 0.6) is 0 Å². The monoisotopic (exact) mass is 334 g/mol. The van der Waals surface area contributed by atoms with Gasteiger partial charge in [-0.05, 0) is 42.4 Å². The Hall–Kier alpha value is -0.820. The third-order valence-corrected chi connectivity index (χ3v) is 5.58. The van der Waals surface area contributed by atoms with Gasteiger partial charge in [-0.25, -0.2) is 0 Å². The van der Waals surface area contributed by atoms with Crippen molar-refractivity contribution in [3.05, 3.63) is 34.9 Å². The third kappa shape index (κ3) is 5.35. The van der Waals surface area contributed by atoms with Gasteiger partial charge in [0.05, 0.1) is 0 Å². The first-order chi connectivity index (χ1) is 10.8. The zero-order chi connectivity index (χ0) is 17.0. The minimum Gasteiger partial charge on any atom is -0.298 e. The summed E-state index contributed by atoms with van der Waals surface area (Å²) in [5, 5.41) is 0.733. The molecule has 23 heavy (non-hydrogen) atoms. The Kier molecular flexibility index (Phi) is 6.31. The Morgan fingerprint density at radius 2 is 1.70 bits per heavy atom. The second-order valence-corrected chi connectivity index (χ2v) is 8.86. The lowest BCUT2D eigenvalue weighted by atomic mass is 9.74. The van der Waals surface area contributed by atoms with E-state index >= 15 is 0 Å². The molecule has 1 aromatic rings. The lowest BCUT2D eigenvalue weighted by molar-refractivity contribution is -0.128. The van der Waals surface area contributed by atoms with Crippen LogP contribution in [0.15, 0.2) is 24.3 Å². The first-order valence-corrected chi connectivity index (χ1v) is 9.45. The highest BCUT2D eigenvalue weighted by Gasteiger charge is 2.31. The van der Waals surface area contributed by atoms with Crippen molar-refractivity contribution in [1.29, 1.82) is 0 Å². The molecule has 0 N–H and O–H groups in total. The summed E-state index contributed by atoms with van der Waals surface area (Å²) in [6, 6.07) is 7.86. The molecule has 0 saturated heterocycles. The van der Waals surface area contributed by atoms with Crippen molar-refractivity contribution in [2.45, 2.75) is 72.1 Å². The van der Waals surface area contributed by atoms with Gasteiger partial charge in [-0.1, -0.05) is 77.1 Å². The van der Waals surface area contributed by atoms with Gasteiger partial charge in [-0.15, -0.1) is 0 Å². The Morgan fingerprint density at radius 1 is 1.13 bits per heavy atom. The van der Waals surface area contributed by atoms with Crippen molar-refractivity contribution in [3.8, 4) is 0 Å². The first-order valence-electron chi connectivity index (χ1n) is 9.07. The van der Waals surface area contributed by atoms with Gasteiger partial charge in [0.2, 0.25) is 0 Å². The topological polar surface area (TPSA) is 17.1 Å². The van der Waals surface area contributed by atoms with Crippen molar-refractivity contribution in [2.24, 2.45) is 17.3 Å². The number of Topliss-reactive ketones (excluding diaryl/α,β-unsaturated/α-hetero) is 1. The van der Waals surface area contributed by atoms with Crippen molar-refractivity contribution >= 4 is 17.4 Å². The largest absolute Gasteiger partial charge is 0.298 e. The molecule has 2 heteroatoms. The maximum atomic E-state index is 12.9. The fourth-order valence-corrected chi connectivity index (χ4v) is 3.81. The fourth-order valence-electron chi connectivity index (χ4n) is 3.69. The van der Waals surface area contributed by atoms with E-state index in [1.54, 1.807) is 0 Å². The molecule has 0 radical (unpaired) electrons. The van der Waals surface area contributed by atoms with E-state index in [1.165, 1.54) is 32.1 Å². The predicted octanol–water partition coefficient (Wildman–Crippen LogP) is 6.65. The maximum Gasteiger partial charge on any atom is 0.145 e. The number of hydrogen-bond donors (Lipinski definition) is 0. The highest BCUT2D eigenvalue weighted by molar-refractivity contribution is 6.30. The Labute approximate surface area is 146 Å². The molecular weight excluding hydrogens is 304 g/mol. The zero-order valence-electron chi connectivity index (χ0n) is 15.1. The van der Waals surface area contributed by atoms with E-state index in [4.69, 9.17) is 11.6 Å². The standard InChI is InChI=1S/C21H31ClO/c1-15-5-7-16(8-6-15)9-14-19(20(23)21(2,3)4)17-10-12-18(22)13-11-17/h10-13,15-16,19H,5-9,14H2,1-4H3. The quantitative estimate of drug-likeness (QED) is 0.589. The number of halogens is 1. The van der Waals surface area contributed by atoms with E-state index in [2.05, 4.69) is 6.92 Å². The molecule has 1 atom stereocenters. The summed E-state index contributed by atoms with van der Waals surface area (Å²) in [4.78, 5) is 12.9. The van der Waals surface area contributed by atoms with Crippen LogP contribution in [0.3, 0.4) is 0 Å². The van der Waals surface area contributed by atoms with Gasteiger partial charge in [0, 0.05) is 16.4 Å². The lowest BCUT2D eigenvalue weighted by Crippen LogP contribution is -2.27. The van der Waals surface area contributed by atoms with Crippen LogP contribution < -0.4 is 0 Å². The van der Waals surface area contributed by atoms with Crippen LogP contribution in [0.2, 0.25) is 5.02 Å². The zero-order valence-corrected chi connectivity index (χ0v) is 15.8. The molecule has 128 valence electrons. The smallest absolute Gasteiger partial charge is 0.145 e. The lowest BCUT2D eigenvalue weighted by Gasteiger charge is -2.29. The van der Waals surface area contributed by atoms with Gasteiger partial charge >= 0.3 is 0 Å². The molecule has 1 fully saturated rings. The molecule has 0 spiro atoms. The molecule has 0 heterocycles. The van der Waals surface area contributed by atoms with Crippen molar-refractivity contribution in [3.63, 3.8) is 0 Å². The van der Waals surface area contributed by atoms with Crippen molar-refractivity contribution in [2.75, 3.05) is 0 Å². The van der Waals surface area contributed by atoms with Crippen LogP contribution in [-0.4, -0.2) is 5.78 Å². The van der Waals surface area contributed by atoms with Gasteiger partial charge in [-0.2, -0.15) is 0 Å². The van der Waals surface area contributed by atoms with Gasteiger partial charge in [0.15, 0.2) is 0 Å². The third-order valence-electron chi connectivity index (χ3n) is 5.33. The van der Waals surface area contributed by atoms with E-state index in [0.717, 1.165) is 28.8 Å². The van der Waals surface area contributed by atoms with E-state index in [9.17, 15) is 4.79 Å². The normalized spacial score (nSPS) is 23.5. The molecule has 0 aliphatic heterocycles. The number of carbonyl (C=O) groups excluding carboxylic acids is 1. The highest BCUT2D eigenvalue weighted by atomic mass is 35.5. The van der Waals surface area contributed by atoms with E-state index in [0.29, 0.717) is 5.78 Å². The molecule has 1 unspecified atom stereocenters. The number of benzene rings is 1. The number of rotatable bonds is 5. The molecule has 0 bridgehead atoms. The second-order valence-electron chi connectivity index (χ2n) is 8.42. The van der Waals surface area contributed by atoms with Crippen LogP contribution in [0.4, 0.5) is 0 Å². The van der Waals surface area contributed by atoms with Gasteiger partial charge in [0.1, 0.15) is 5.78 Å². The summed E-state index contributed by atoms with van der Waals surface area (Å²) >= 11 is 6.01. The van der Waals surface area contributed by atoms with E-state index in [-0.39, 0.29) is 11.3 Å². The summed E-state index contributed by atoms with van der Waals surface area (Å²) < 4.78 is 0. The van der Waals surface area contributed by atoms with E-state index in [1.807, 2.05) is 45.0 Å². The Morgan fingerprint density at radius 3 is 2.22 bits per heavy atom. The molecule has 1 aliphatic rings. The van der Waals surface area contributed by atoms with Gasteiger partial charge in [0.25, 0.3) is 0 Å².